The van der Waals surface area contributed by atoms with Crippen LogP contribution in [0.2, 0.25) is 0 Å². The third-order valence-electron chi connectivity index (χ3n) is 5.53. The lowest BCUT2D eigenvalue weighted by Gasteiger charge is -2.08. The molecule has 6 nitrogen and oxygen atoms in total. The number of carbonyl (C=O) groups excluding carboxylic acids is 2. The molecule has 0 fully saturated rings. The van der Waals surface area contributed by atoms with Crippen LogP contribution in [-0.4, -0.2) is 28.3 Å². The molecule has 0 bridgehead atoms. The molecule has 0 unspecified atom stereocenters. The maximum absolute atomic E-state index is 12.2. The van der Waals surface area contributed by atoms with Gasteiger partial charge in [-0.25, -0.2) is 4.79 Å². The lowest BCUT2D eigenvalue weighted by atomic mass is 10.0. The number of hydrogen-bond donors (Lipinski definition) is 1. The van der Waals surface area contributed by atoms with E-state index in [9.17, 15) is 9.59 Å². The Bertz CT molecular complexity index is 1110. The Balaban J connectivity index is 1.47. The number of benzene rings is 2. The zero-order valence-corrected chi connectivity index (χ0v) is 19.7. The summed E-state index contributed by atoms with van der Waals surface area (Å²) in [5.74, 6) is -0.453. The van der Waals surface area contributed by atoms with E-state index in [-0.39, 0.29) is 12.5 Å². The number of esters is 1. The quantitative estimate of drug-likeness (QED) is 0.388. The Morgan fingerprint density at radius 2 is 1.76 bits per heavy atom. The molecule has 172 valence electrons. The van der Waals surface area contributed by atoms with Crippen LogP contribution in [0, 0.1) is 13.8 Å². The molecule has 6 heteroatoms. The topological polar surface area (TPSA) is 73.2 Å². The van der Waals surface area contributed by atoms with Gasteiger partial charge in [-0.05, 0) is 42.5 Å². The first-order valence-corrected chi connectivity index (χ1v) is 11.1. The molecule has 0 spiro atoms. The minimum absolute atomic E-state index is 0.328. The van der Waals surface area contributed by atoms with Crippen molar-refractivity contribution >= 4 is 18.0 Å². The summed E-state index contributed by atoms with van der Waals surface area (Å²) in [5, 5.41) is 7.41. The second kappa shape index (κ2) is 11.3. The van der Waals surface area contributed by atoms with Crippen molar-refractivity contribution in [2.45, 2.75) is 46.7 Å². The highest BCUT2D eigenvalue weighted by Gasteiger charge is 2.13. The number of hydrogen-bond acceptors (Lipinski definition) is 4. The fraction of sp³-hybridized carbons (Fsp3) is 0.296. The first kappa shape index (κ1) is 24.0. The van der Waals surface area contributed by atoms with Crippen molar-refractivity contribution < 1.29 is 14.3 Å². The van der Waals surface area contributed by atoms with Crippen molar-refractivity contribution in [1.29, 1.82) is 0 Å². The molecule has 3 rings (SSSR count). The van der Waals surface area contributed by atoms with Gasteiger partial charge in [0, 0.05) is 23.9 Å². The van der Waals surface area contributed by atoms with E-state index in [1.165, 1.54) is 11.6 Å². The highest BCUT2D eigenvalue weighted by Crippen LogP contribution is 2.16. The van der Waals surface area contributed by atoms with Crippen LogP contribution < -0.4 is 5.32 Å². The molecule has 3 aromatic rings. The SMILES string of the molecule is Cc1nn(Cc2ccccc2)c(C)c1CNC(=O)COC(=O)/C=C/c1ccc(C(C)C)cc1. The van der Waals surface area contributed by atoms with Crippen molar-refractivity contribution in [3.8, 4) is 0 Å². The first-order chi connectivity index (χ1) is 15.8. The van der Waals surface area contributed by atoms with E-state index in [1.54, 1.807) is 6.08 Å². The lowest BCUT2D eigenvalue weighted by molar-refractivity contribution is -0.143. The Morgan fingerprint density at radius 1 is 1.06 bits per heavy atom. The Labute approximate surface area is 195 Å². The number of ether oxygens (including phenoxy) is 1. The zero-order chi connectivity index (χ0) is 23.8. The van der Waals surface area contributed by atoms with Crippen molar-refractivity contribution in [2.75, 3.05) is 6.61 Å². The van der Waals surface area contributed by atoms with Gasteiger partial charge in [0.25, 0.3) is 5.91 Å². The maximum atomic E-state index is 12.2. The van der Waals surface area contributed by atoms with E-state index in [0.717, 1.165) is 28.1 Å². The number of rotatable bonds is 9. The second-order valence-electron chi connectivity index (χ2n) is 8.33. The molecule has 0 aliphatic carbocycles. The molecule has 2 aromatic carbocycles. The normalized spacial score (nSPS) is 11.2. The summed E-state index contributed by atoms with van der Waals surface area (Å²) in [6, 6.07) is 18.1. The molecule has 1 N–H and O–H groups in total. The number of nitrogens with zero attached hydrogens (tertiary/aromatic N) is 2. The van der Waals surface area contributed by atoms with Crippen LogP contribution in [0.5, 0.6) is 0 Å². The molecule has 0 radical (unpaired) electrons. The maximum Gasteiger partial charge on any atom is 0.331 e. The highest BCUT2D eigenvalue weighted by molar-refractivity contribution is 5.89. The predicted molar refractivity (Wildman–Crippen MR) is 130 cm³/mol. The Kier molecular flexibility index (Phi) is 8.19. The number of aryl methyl sites for hydroxylation is 1. The summed E-state index contributed by atoms with van der Waals surface area (Å²) in [6.07, 6.45) is 3.01. The van der Waals surface area contributed by atoms with Crippen LogP contribution >= 0.6 is 0 Å². The lowest BCUT2D eigenvalue weighted by Crippen LogP contribution is -2.28. The van der Waals surface area contributed by atoms with Crippen LogP contribution in [0.4, 0.5) is 0 Å². The molecule has 33 heavy (non-hydrogen) atoms. The van der Waals surface area contributed by atoms with Gasteiger partial charge < -0.3 is 10.1 Å². The summed E-state index contributed by atoms with van der Waals surface area (Å²) in [5.41, 5.74) is 6.14. The average Bonchev–Trinajstić information content (AvgIpc) is 3.07. The van der Waals surface area contributed by atoms with E-state index < -0.39 is 5.97 Å². The largest absolute Gasteiger partial charge is 0.452 e. The van der Waals surface area contributed by atoms with Gasteiger partial charge in [0.2, 0.25) is 0 Å². The molecule has 1 amide bonds. The molecule has 1 heterocycles. The van der Waals surface area contributed by atoms with Crippen molar-refractivity contribution in [2.24, 2.45) is 0 Å². The zero-order valence-electron chi connectivity index (χ0n) is 19.7. The molecule has 0 atom stereocenters. The van der Waals surface area contributed by atoms with E-state index in [2.05, 4.69) is 36.4 Å². The Hall–Kier alpha value is -3.67. The summed E-state index contributed by atoms with van der Waals surface area (Å²) < 4.78 is 7.00. The molecular formula is C27H31N3O3. The van der Waals surface area contributed by atoms with Crippen LogP contribution in [0.3, 0.4) is 0 Å². The summed E-state index contributed by atoms with van der Waals surface area (Å²) >= 11 is 0. The predicted octanol–water partition coefficient (Wildman–Crippen LogP) is 4.54. The van der Waals surface area contributed by atoms with Gasteiger partial charge in [0.1, 0.15) is 0 Å². The minimum Gasteiger partial charge on any atom is -0.452 e. The standard InChI is InChI=1S/C27H31N3O3/c1-19(2)24-13-10-22(11-14-24)12-15-27(32)33-18-26(31)28-16-25-20(3)29-30(21(25)4)17-23-8-6-5-7-9-23/h5-15,19H,16-18H2,1-4H3,(H,28,31)/b15-12+. The van der Waals surface area contributed by atoms with Gasteiger partial charge in [0.05, 0.1) is 12.2 Å². The van der Waals surface area contributed by atoms with E-state index in [1.807, 2.05) is 61.0 Å². The Morgan fingerprint density at radius 3 is 2.42 bits per heavy atom. The number of nitrogens with one attached hydrogen (secondary N) is 1. The summed E-state index contributed by atoms with van der Waals surface area (Å²) in [4.78, 5) is 24.1. The number of amides is 1. The van der Waals surface area contributed by atoms with Crippen LogP contribution in [0.15, 0.2) is 60.7 Å². The third kappa shape index (κ3) is 6.91. The number of aromatic nitrogens is 2. The van der Waals surface area contributed by atoms with Gasteiger partial charge >= 0.3 is 5.97 Å². The van der Waals surface area contributed by atoms with Gasteiger partial charge in [-0.15, -0.1) is 0 Å². The molecule has 0 saturated heterocycles. The molecular weight excluding hydrogens is 414 g/mol. The van der Waals surface area contributed by atoms with Crippen LogP contribution in [-0.2, 0) is 27.4 Å². The third-order valence-corrected chi connectivity index (χ3v) is 5.53. The van der Waals surface area contributed by atoms with E-state index in [4.69, 9.17) is 4.74 Å². The smallest absolute Gasteiger partial charge is 0.331 e. The monoisotopic (exact) mass is 445 g/mol. The molecule has 0 aliphatic rings. The average molecular weight is 446 g/mol. The number of carbonyl (C=O) groups is 2. The van der Waals surface area contributed by atoms with Crippen molar-refractivity contribution in [3.05, 3.63) is 94.3 Å². The van der Waals surface area contributed by atoms with Gasteiger partial charge in [-0.1, -0.05) is 68.4 Å². The van der Waals surface area contributed by atoms with Crippen molar-refractivity contribution in [3.63, 3.8) is 0 Å². The fourth-order valence-corrected chi connectivity index (χ4v) is 3.48. The molecule has 0 aliphatic heterocycles. The molecule has 0 saturated carbocycles. The van der Waals surface area contributed by atoms with Crippen LogP contribution in [0.1, 0.15) is 53.4 Å². The first-order valence-electron chi connectivity index (χ1n) is 11.1. The van der Waals surface area contributed by atoms with E-state index in [0.29, 0.717) is 19.0 Å². The fourth-order valence-electron chi connectivity index (χ4n) is 3.48. The van der Waals surface area contributed by atoms with E-state index >= 15 is 0 Å². The van der Waals surface area contributed by atoms with Crippen LogP contribution in [0.25, 0.3) is 6.08 Å². The second-order valence-corrected chi connectivity index (χ2v) is 8.33. The minimum atomic E-state index is -0.555. The summed E-state index contributed by atoms with van der Waals surface area (Å²) in [6.45, 7) is 8.86. The highest BCUT2D eigenvalue weighted by atomic mass is 16.5. The summed E-state index contributed by atoms with van der Waals surface area (Å²) in [7, 11) is 0. The molecule has 1 aromatic heterocycles. The van der Waals surface area contributed by atoms with Gasteiger partial charge in [0.15, 0.2) is 6.61 Å². The van der Waals surface area contributed by atoms with Gasteiger partial charge in [-0.3, -0.25) is 9.48 Å². The van der Waals surface area contributed by atoms with Crippen molar-refractivity contribution in [1.82, 2.24) is 15.1 Å². The van der Waals surface area contributed by atoms with Gasteiger partial charge in [-0.2, -0.15) is 5.10 Å².